The molecule has 1 aliphatic heterocycles. The fourth-order valence-corrected chi connectivity index (χ4v) is 6.34. The first-order valence-corrected chi connectivity index (χ1v) is 9.32. The maximum Gasteiger partial charge on any atom is 0.258 e. The van der Waals surface area contributed by atoms with E-state index in [4.69, 9.17) is 14.2 Å². The summed E-state index contributed by atoms with van der Waals surface area (Å²) in [5, 5.41) is 7.88. The summed E-state index contributed by atoms with van der Waals surface area (Å²) in [6.45, 7) is 1.89. The Kier molecular flexibility index (Phi) is 3.15. The maximum atomic E-state index is 5.86. The lowest BCUT2D eigenvalue weighted by atomic mass is 9.49. The van der Waals surface area contributed by atoms with Gasteiger partial charge in [0.1, 0.15) is 5.60 Å². The van der Waals surface area contributed by atoms with Crippen LogP contribution >= 0.6 is 0 Å². The summed E-state index contributed by atoms with van der Waals surface area (Å²) in [5.41, 5.74) is -0.170. The highest BCUT2D eigenvalue weighted by Gasteiger charge is 2.54. The number of aromatic nitrogens is 2. The number of hydrogen-bond donors (Lipinski definition) is 1. The summed E-state index contributed by atoms with van der Waals surface area (Å²) in [6.07, 6.45) is 9.98. The highest BCUT2D eigenvalue weighted by Crippen LogP contribution is 2.60. The van der Waals surface area contributed by atoms with Gasteiger partial charge in [-0.15, -0.1) is 0 Å². The summed E-state index contributed by atoms with van der Waals surface area (Å²) in [7, 11) is 1.78. The molecule has 4 saturated carbocycles. The second kappa shape index (κ2) is 5.03. The van der Waals surface area contributed by atoms with Gasteiger partial charge in [0.15, 0.2) is 5.82 Å². The van der Waals surface area contributed by atoms with E-state index < -0.39 is 0 Å². The molecule has 4 aliphatic carbocycles. The van der Waals surface area contributed by atoms with Crippen molar-refractivity contribution in [2.75, 3.05) is 20.2 Å². The second-order valence-electron chi connectivity index (χ2n) is 8.57. The van der Waals surface area contributed by atoms with Gasteiger partial charge in [0.05, 0.1) is 0 Å². The summed E-state index contributed by atoms with van der Waals surface area (Å²) in [5.74, 6) is 4.41. The molecule has 0 atom stereocenters. The van der Waals surface area contributed by atoms with E-state index in [0.29, 0.717) is 5.89 Å². The van der Waals surface area contributed by atoms with E-state index >= 15 is 0 Å². The molecule has 126 valence electrons. The van der Waals surface area contributed by atoms with Crippen LogP contribution in [0, 0.1) is 17.8 Å². The second-order valence-corrected chi connectivity index (χ2v) is 8.57. The van der Waals surface area contributed by atoms with E-state index in [0.717, 1.165) is 49.5 Å². The number of rotatable bonds is 3. The zero-order valence-corrected chi connectivity index (χ0v) is 14.0. The van der Waals surface area contributed by atoms with Gasteiger partial charge in [-0.3, -0.25) is 0 Å². The molecule has 23 heavy (non-hydrogen) atoms. The molecule has 4 bridgehead atoms. The first kappa shape index (κ1) is 14.4. The molecule has 1 saturated heterocycles. The molecule has 0 radical (unpaired) electrons. The highest BCUT2D eigenvalue weighted by atomic mass is 16.5. The number of ether oxygens (including phenoxy) is 1. The average Bonchev–Trinajstić information content (AvgIpc) is 3.06. The zero-order chi connectivity index (χ0) is 15.5. The Bertz CT molecular complexity index is 556. The third-order valence-electron chi connectivity index (χ3n) is 7.13. The monoisotopic (exact) mass is 317 g/mol. The van der Waals surface area contributed by atoms with Crippen LogP contribution in [0.5, 0.6) is 0 Å². The van der Waals surface area contributed by atoms with Crippen LogP contribution in [0.25, 0.3) is 0 Å². The molecule has 5 fully saturated rings. The normalized spacial score (nSPS) is 41.3. The predicted molar refractivity (Wildman–Crippen MR) is 84.9 cm³/mol. The largest absolute Gasteiger partial charge is 0.368 e. The van der Waals surface area contributed by atoms with E-state index in [9.17, 15) is 0 Å². The van der Waals surface area contributed by atoms with Crippen LogP contribution in [-0.2, 0) is 15.8 Å². The van der Waals surface area contributed by atoms with E-state index in [-0.39, 0.29) is 11.0 Å². The van der Waals surface area contributed by atoms with Crippen molar-refractivity contribution in [3.63, 3.8) is 0 Å². The van der Waals surface area contributed by atoms with Crippen LogP contribution in [0.3, 0.4) is 0 Å². The lowest BCUT2D eigenvalue weighted by molar-refractivity contribution is -0.0622. The topological polar surface area (TPSA) is 60.2 Å². The van der Waals surface area contributed by atoms with Crippen molar-refractivity contribution in [3.8, 4) is 0 Å². The van der Waals surface area contributed by atoms with Gasteiger partial charge in [-0.2, -0.15) is 4.98 Å². The maximum absolute atomic E-state index is 5.86. The summed E-state index contributed by atoms with van der Waals surface area (Å²) in [6, 6.07) is 0. The van der Waals surface area contributed by atoms with E-state index in [1.165, 1.54) is 38.5 Å². The Hall–Kier alpha value is -0.940. The number of nitrogens with zero attached hydrogens (tertiary/aromatic N) is 2. The van der Waals surface area contributed by atoms with E-state index in [1.807, 2.05) is 0 Å². The first-order chi connectivity index (χ1) is 11.2. The lowest BCUT2D eigenvalue weighted by Crippen LogP contribution is -2.49. The van der Waals surface area contributed by atoms with Gasteiger partial charge in [-0.25, -0.2) is 0 Å². The van der Waals surface area contributed by atoms with E-state index in [2.05, 4.69) is 10.5 Å². The fraction of sp³-hybridized carbons (Fsp3) is 0.889. The molecule has 0 spiro atoms. The number of methoxy groups -OCH3 is 1. The Morgan fingerprint density at radius 1 is 1.04 bits per heavy atom. The van der Waals surface area contributed by atoms with Gasteiger partial charge in [0.25, 0.3) is 5.89 Å². The quantitative estimate of drug-likeness (QED) is 0.929. The van der Waals surface area contributed by atoms with Crippen molar-refractivity contribution in [2.45, 2.75) is 62.4 Å². The molecule has 1 N–H and O–H groups in total. The Morgan fingerprint density at radius 3 is 2.22 bits per heavy atom. The number of piperidine rings is 1. The minimum absolute atomic E-state index is 0.207. The molecule has 1 aromatic heterocycles. The van der Waals surface area contributed by atoms with Crippen LogP contribution in [0.15, 0.2) is 4.52 Å². The SMILES string of the molecule is COC1(c2nc(C34CC5CC(CC(C5)C3)C4)no2)CCNCC1. The molecule has 0 aromatic carbocycles. The van der Waals surface area contributed by atoms with Crippen LogP contribution in [0.1, 0.15) is 63.1 Å². The third kappa shape index (κ3) is 2.12. The van der Waals surface area contributed by atoms with Gasteiger partial charge in [-0.05, 0) is 82.2 Å². The summed E-state index contributed by atoms with van der Waals surface area (Å²) >= 11 is 0. The van der Waals surface area contributed by atoms with Crippen molar-refractivity contribution < 1.29 is 9.26 Å². The Morgan fingerprint density at radius 2 is 1.65 bits per heavy atom. The Balaban J connectivity index is 1.47. The molecule has 5 aliphatic rings. The van der Waals surface area contributed by atoms with Crippen molar-refractivity contribution in [2.24, 2.45) is 17.8 Å². The molecule has 6 rings (SSSR count). The molecular weight excluding hydrogens is 290 g/mol. The van der Waals surface area contributed by atoms with Crippen molar-refractivity contribution in [1.29, 1.82) is 0 Å². The first-order valence-electron chi connectivity index (χ1n) is 9.32. The third-order valence-corrected chi connectivity index (χ3v) is 7.13. The van der Waals surface area contributed by atoms with Crippen molar-refractivity contribution in [1.82, 2.24) is 15.5 Å². The molecular formula is C18H27N3O2. The lowest BCUT2D eigenvalue weighted by Gasteiger charge is -2.55. The summed E-state index contributed by atoms with van der Waals surface area (Å²) < 4.78 is 11.6. The van der Waals surface area contributed by atoms with Crippen molar-refractivity contribution >= 4 is 0 Å². The standard InChI is InChI=1S/C18H27N3O2/c1-22-18(2-4-19-5-3-18)16-20-15(21-23-16)17-9-12-6-13(10-17)8-14(7-12)11-17/h12-14,19H,2-11H2,1H3. The summed E-state index contributed by atoms with van der Waals surface area (Å²) in [4.78, 5) is 4.94. The highest BCUT2D eigenvalue weighted by molar-refractivity contribution is 5.17. The van der Waals surface area contributed by atoms with E-state index in [1.54, 1.807) is 7.11 Å². The van der Waals surface area contributed by atoms with Crippen LogP contribution < -0.4 is 5.32 Å². The fourth-order valence-electron chi connectivity index (χ4n) is 6.34. The van der Waals surface area contributed by atoms with Crippen LogP contribution in [0.2, 0.25) is 0 Å². The molecule has 0 amide bonds. The Labute approximate surface area is 137 Å². The molecule has 5 nitrogen and oxygen atoms in total. The van der Waals surface area contributed by atoms with Crippen molar-refractivity contribution in [3.05, 3.63) is 11.7 Å². The number of hydrogen-bond acceptors (Lipinski definition) is 5. The van der Waals surface area contributed by atoms with Crippen LogP contribution in [0.4, 0.5) is 0 Å². The molecule has 0 unspecified atom stereocenters. The zero-order valence-electron chi connectivity index (χ0n) is 14.0. The minimum Gasteiger partial charge on any atom is -0.368 e. The smallest absolute Gasteiger partial charge is 0.258 e. The van der Waals surface area contributed by atoms with Crippen LogP contribution in [-0.4, -0.2) is 30.3 Å². The molecule has 2 heterocycles. The molecule has 1 aromatic rings. The number of nitrogens with one attached hydrogen (secondary N) is 1. The predicted octanol–water partition coefficient (Wildman–Crippen LogP) is 2.76. The van der Waals surface area contributed by atoms with Gasteiger partial charge in [-0.1, -0.05) is 5.16 Å². The molecule has 5 heteroatoms. The van der Waals surface area contributed by atoms with Gasteiger partial charge >= 0.3 is 0 Å². The average molecular weight is 317 g/mol. The minimum atomic E-state index is -0.376. The van der Waals surface area contributed by atoms with Gasteiger partial charge < -0.3 is 14.6 Å². The van der Waals surface area contributed by atoms with Gasteiger partial charge in [0.2, 0.25) is 0 Å². The van der Waals surface area contributed by atoms with Gasteiger partial charge in [0, 0.05) is 12.5 Å².